The summed E-state index contributed by atoms with van der Waals surface area (Å²) in [5.74, 6) is 6.99. The standard InChI is InChI=1S/C20H20O/c21-20-14-12-19(13-15-20)18-10-8-17(9-11-18)7-6-16-4-2-1-3-5-16/h1-5,8-11,19-21H,12-15H2. The van der Waals surface area contributed by atoms with Gasteiger partial charge in [-0.3, -0.25) is 0 Å². The lowest BCUT2D eigenvalue weighted by atomic mass is 9.82. The summed E-state index contributed by atoms with van der Waals surface area (Å²) in [6.45, 7) is 0. The molecule has 0 aromatic heterocycles. The first-order chi connectivity index (χ1) is 10.3. The van der Waals surface area contributed by atoms with Crippen molar-refractivity contribution >= 4 is 0 Å². The molecule has 1 fully saturated rings. The molecule has 0 heterocycles. The molecule has 0 saturated heterocycles. The molecule has 1 aliphatic rings. The van der Waals surface area contributed by atoms with E-state index in [1.54, 1.807) is 0 Å². The first-order valence-electron chi connectivity index (χ1n) is 7.66. The van der Waals surface area contributed by atoms with Crippen LogP contribution in [0.15, 0.2) is 54.6 Å². The van der Waals surface area contributed by atoms with Crippen molar-refractivity contribution in [1.29, 1.82) is 0 Å². The number of aliphatic hydroxyl groups excluding tert-OH is 1. The van der Waals surface area contributed by atoms with E-state index in [-0.39, 0.29) is 6.10 Å². The lowest BCUT2D eigenvalue weighted by molar-refractivity contribution is 0.122. The predicted octanol–water partition coefficient (Wildman–Crippen LogP) is 4.10. The summed E-state index contributed by atoms with van der Waals surface area (Å²) in [7, 11) is 0. The van der Waals surface area contributed by atoms with Gasteiger partial charge in [-0.25, -0.2) is 0 Å². The Labute approximate surface area is 126 Å². The monoisotopic (exact) mass is 276 g/mol. The summed E-state index contributed by atoms with van der Waals surface area (Å²) in [6, 6.07) is 18.7. The molecule has 1 N–H and O–H groups in total. The normalized spacial score (nSPS) is 21.4. The van der Waals surface area contributed by atoms with Crippen molar-refractivity contribution in [2.45, 2.75) is 37.7 Å². The first-order valence-corrected chi connectivity index (χ1v) is 7.66. The molecular weight excluding hydrogens is 256 g/mol. The van der Waals surface area contributed by atoms with E-state index < -0.39 is 0 Å². The Morgan fingerprint density at radius 3 is 1.90 bits per heavy atom. The number of benzene rings is 2. The van der Waals surface area contributed by atoms with Gasteiger partial charge in [0.25, 0.3) is 0 Å². The summed E-state index contributed by atoms with van der Waals surface area (Å²) >= 11 is 0. The van der Waals surface area contributed by atoms with Gasteiger partial charge in [0.2, 0.25) is 0 Å². The fraction of sp³-hybridized carbons (Fsp3) is 0.300. The van der Waals surface area contributed by atoms with Gasteiger partial charge in [0.1, 0.15) is 0 Å². The second-order valence-electron chi connectivity index (χ2n) is 5.74. The highest BCUT2D eigenvalue weighted by Gasteiger charge is 2.20. The van der Waals surface area contributed by atoms with Crippen LogP contribution in [0.3, 0.4) is 0 Å². The van der Waals surface area contributed by atoms with Crippen LogP contribution in [-0.2, 0) is 0 Å². The van der Waals surface area contributed by atoms with Gasteiger partial charge in [0.15, 0.2) is 0 Å². The van der Waals surface area contributed by atoms with Crippen LogP contribution in [0, 0.1) is 11.8 Å². The van der Waals surface area contributed by atoms with Crippen molar-refractivity contribution in [2.75, 3.05) is 0 Å². The number of hydrogen-bond donors (Lipinski definition) is 1. The van der Waals surface area contributed by atoms with Crippen LogP contribution in [0.25, 0.3) is 0 Å². The van der Waals surface area contributed by atoms with Gasteiger partial charge in [-0.2, -0.15) is 0 Å². The molecule has 2 aromatic carbocycles. The Hall–Kier alpha value is -2.04. The molecule has 0 spiro atoms. The average Bonchev–Trinajstić information content (AvgIpc) is 2.55. The third-order valence-electron chi connectivity index (χ3n) is 4.20. The van der Waals surface area contributed by atoms with Crippen LogP contribution in [0.5, 0.6) is 0 Å². The molecule has 0 aliphatic heterocycles. The van der Waals surface area contributed by atoms with Crippen molar-refractivity contribution in [1.82, 2.24) is 0 Å². The summed E-state index contributed by atoms with van der Waals surface area (Å²) in [5, 5.41) is 9.58. The van der Waals surface area contributed by atoms with E-state index in [4.69, 9.17) is 0 Å². The molecule has 0 atom stereocenters. The van der Waals surface area contributed by atoms with Crippen molar-refractivity contribution in [3.63, 3.8) is 0 Å². The SMILES string of the molecule is OC1CCC(c2ccc(C#Cc3ccccc3)cc2)CC1. The van der Waals surface area contributed by atoms with Crippen LogP contribution in [0.2, 0.25) is 0 Å². The minimum absolute atomic E-state index is 0.0859. The van der Waals surface area contributed by atoms with E-state index in [9.17, 15) is 5.11 Å². The number of rotatable bonds is 1. The maximum Gasteiger partial charge on any atom is 0.0540 e. The van der Waals surface area contributed by atoms with E-state index in [2.05, 4.69) is 36.1 Å². The van der Waals surface area contributed by atoms with Crippen molar-refractivity contribution in [3.8, 4) is 11.8 Å². The van der Waals surface area contributed by atoms with Crippen LogP contribution in [0.1, 0.15) is 48.3 Å². The Kier molecular flexibility index (Phi) is 4.38. The van der Waals surface area contributed by atoms with Gasteiger partial charge >= 0.3 is 0 Å². The highest BCUT2D eigenvalue weighted by molar-refractivity contribution is 5.43. The summed E-state index contributed by atoms with van der Waals surface area (Å²) in [5.41, 5.74) is 3.48. The zero-order valence-corrected chi connectivity index (χ0v) is 12.1. The maximum absolute atomic E-state index is 9.58. The molecule has 0 unspecified atom stereocenters. The van der Waals surface area contributed by atoms with Crippen molar-refractivity contribution in [3.05, 3.63) is 71.3 Å². The van der Waals surface area contributed by atoms with E-state index >= 15 is 0 Å². The number of hydrogen-bond acceptors (Lipinski definition) is 1. The van der Waals surface area contributed by atoms with Crippen LogP contribution in [0.4, 0.5) is 0 Å². The van der Waals surface area contributed by atoms with Gasteiger partial charge in [0, 0.05) is 11.1 Å². The lowest BCUT2D eigenvalue weighted by Gasteiger charge is -2.25. The molecule has 1 heteroatoms. The Balaban J connectivity index is 1.69. The van der Waals surface area contributed by atoms with Crippen LogP contribution >= 0.6 is 0 Å². The topological polar surface area (TPSA) is 20.2 Å². The van der Waals surface area contributed by atoms with E-state index in [0.717, 1.165) is 36.8 Å². The van der Waals surface area contributed by atoms with Crippen molar-refractivity contribution in [2.24, 2.45) is 0 Å². The molecule has 106 valence electrons. The predicted molar refractivity (Wildman–Crippen MR) is 86.1 cm³/mol. The average molecular weight is 276 g/mol. The quantitative estimate of drug-likeness (QED) is 0.777. The molecule has 0 radical (unpaired) electrons. The molecule has 1 aliphatic carbocycles. The van der Waals surface area contributed by atoms with Crippen molar-refractivity contribution < 1.29 is 5.11 Å². The second-order valence-corrected chi connectivity index (χ2v) is 5.74. The van der Waals surface area contributed by atoms with Gasteiger partial charge in [-0.15, -0.1) is 0 Å². The molecule has 1 saturated carbocycles. The van der Waals surface area contributed by atoms with E-state index in [1.807, 2.05) is 30.3 Å². The molecule has 1 nitrogen and oxygen atoms in total. The van der Waals surface area contributed by atoms with Crippen LogP contribution < -0.4 is 0 Å². The fourth-order valence-corrected chi connectivity index (χ4v) is 2.91. The Morgan fingerprint density at radius 2 is 1.29 bits per heavy atom. The summed E-state index contributed by atoms with van der Waals surface area (Å²) < 4.78 is 0. The van der Waals surface area contributed by atoms with Gasteiger partial charge in [-0.05, 0) is 61.4 Å². The Morgan fingerprint density at radius 1 is 0.714 bits per heavy atom. The lowest BCUT2D eigenvalue weighted by Crippen LogP contribution is -2.16. The van der Waals surface area contributed by atoms with E-state index in [1.165, 1.54) is 5.56 Å². The van der Waals surface area contributed by atoms with Gasteiger partial charge in [0.05, 0.1) is 6.10 Å². The smallest absolute Gasteiger partial charge is 0.0540 e. The third kappa shape index (κ3) is 3.74. The molecule has 0 bridgehead atoms. The largest absolute Gasteiger partial charge is 0.393 e. The first kappa shape index (κ1) is 13.9. The molecule has 2 aromatic rings. The maximum atomic E-state index is 9.58. The second kappa shape index (κ2) is 6.61. The molecule has 21 heavy (non-hydrogen) atoms. The molecule has 3 rings (SSSR count). The minimum atomic E-state index is -0.0859. The van der Waals surface area contributed by atoms with E-state index in [0.29, 0.717) is 5.92 Å². The zero-order valence-electron chi connectivity index (χ0n) is 12.1. The Bertz CT molecular complexity index is 623. The fourth-order valence-electron chi connectivity index (χ4n) is 2.91. The zero-order chi connectivity index (χ0) is 14.5. The molecule has 0 amide bonds. The summed E-state index contributed by atoms with van der Waals surface area (Å²) in [4.78, 5) is 0. The molecular formula is C20H20O. The van der Waals surface area contributed by atoms with Crippen LogP contribution in [-0.4, -0.2) is 11.2 Å². The number of aliphatic hydroxyl groups is 1. The van der Waals surface area contributed by atoms with Gasteiger partial charge in [-0.1, -0.05) is 42.2 Å². The summed E-state index contributed by atoms with van der Waals surface area (Å²) in [6.07, 6.45) is 3.96. The third-order valence-corrected chi connectivity index (χ3v) is 4.20. The minimum Gasteiger partial charge on any atom is -0.393 e. The highest BCUT2D eigenvalue weighted by Crippen LogP contribution is 2.32. The highest BCUT2D eigenvalue weighted by atomic mass is 16.3. The van der Waals surface area contributed by atoms with Gasteiger partial charge < -0.3 is 5.11 Å².